The topological polar surface area (TPSA) is 15.3 Å². The first kappa shape index (κ1) is 21.0. The SMILES string of the molecule is CC1CN(Cc2cc(C(F)(F)F)ccc2Br)CCN1.Cl.Cl. The molecule has 0 spiro atoms. The second kappa shape index (κ2) is 8.58. The minimum Gasteiger partial charge on any atom is -0.312 e. The van der Waals surface area contributed by atoms with Gasteiger partial charge in [-0.25, -0.2) is 0 Å². The van der Waals surface area contributed by atoms with Gasteiger partial charge in [0.2, 0.25) is 0 Å². The Morgan fingerprint density at radius 2 is 2.00 bits per heavy atom. The van der Waals surface area contributed by atoms with E-state index in [1.165, 1.54) is 12.1 Å². The number of alkyl halides is 3. The van der Waals surface area contributed by atoms with Gasteiger partial charge in [-0.2, -0.15) is 13.2 Å². The van der Waals surface area contributed by atoms with E-state index in [2.05, 4.69) is 33.1 Å². The molecular formula is C13H18BrCl2F3N2. The van der Waals surface area contributed by atoms with Crippen LogP contribution in [0.4, 0.5) is 13.2 Å². The van der Waals surface area contributed by atoms with Gasteiger partial charge >= 0.3 is 6.18 Å². The van der Waals surface area contributed by atoms with Crippen LogP contribution < -0.4 is 5.32 Å². The Bertz CT molecular complexity index is 458. The Labute approximate surface area is 143 Å². The summed E-state index contributed by atoms with van der Waals surface area (Å²) in [5.41, 5.74) is 0.0952. The molecule has 0 amide bonds. The van der Waals surface area contributed by atoms with E-state index in [1.807, 2.05) is 0 Å². The minimum atomic E-state index is -4.29. The van der Waals surface area contributed by atoms with Gasteiger partial charge in [-0.3, -0.25) is 4.90 Å². The van der Waals surface area contributed by atoms with E-state index >= 15 is 0 Å². The first-order valence-corrected chi connectivity index (χ1v) is 6.97. The maximum absolute atomic E-state index is 12.7. The van der Waals surface area contributed by atoms with Gasteiger partial charge in [-0.05, 0) is 30.7 Å². The van der Waals surface area contributed by atoms with Crippen LogP contribution in [0.15, 0.2) is 22.7 Å². The van der Waals surface area contributed by atoms with E-state index in [4.69, 9.17) is 0 Å². The van der Waals surface area contributed by atoms with Crippen LogP contribution in [0.5, 0.6) is 0 Å². The van der Waals surface area contributed by atoms with Crippen molar-refractivity contribution in [2.24, 2.45) is 0 Å². The summed E-state index contributed by atoms with van der Waals surface area (Å²) in [5, 5.41) is 3.31. The Balaban J connectivity index is 0.00000200. The predicted molar refractivity (Wildman–Crippen MR) is 86.4 cm³/mol. The summed E-state index contributed by atoms with van der Waals surface area (Å²) in [5.74, 6) is 0. The van der Waals surface area contributed by atoms with E-state index < -0.39 is 11.7 Å². The summed E-state index contributed by atoms with van der Waals surface area (Å²) >= 11 is 3.33. The molecule has 1 heterocycles. The molecule has 1 fully saturated rings. The molecule has 8 heteroatoms. The Morgan fingerprint density at radius 1 is 1.33 bits per heavy atom. The molecule has 1 N–H and O–H groups in total. The van der Waals surface area contributed by atoms with Crippen LogP contribution in [0.3, 0.4) is 0 Å². The monoisotopic (exact) mass is 408 g/mol. The van der Waals surface area contributed by atoms with Gasteiger partial charge in [0.05, 0.1) is 5.56 Å². The molecule has 0 aromatic heterocycles. The highest BCUT2D eigenvalue weighted by Gasteiger charge is 2.31. The fourth-order valence-corrected chi connectivity index (χ4v) is 2.64. The van der Waals surface area contributed by atoms with Crippen molar-refractivity contribution in [3.8, 4) is 0 Å². The predicted octanol–water partition coefficient (Wildman–Crippen LogP) is 4.11. The number of hydrogen-bond acceptors (Lipinski definition) is 2. The molecule has 1 atom stereocenters. The molecule has 1 aliphatic rings. The zero-order valence-electron chi connectivity index (χ0n) is 11.4. The average molecular weight is 410 g/mol. The highest BCUT2D eigenvalue weighted by Crippen LogP contribution is 2.32. The van der Waals surface area contributed by atoms with Crippen LogP contribution in [0, 0.1) is 0 Å². The summed E-state index contributed by atoms with van der Waals surface area (Å²) in [6.45, 7) is 5.19. The molecule has 1 aromatic rings. The third kappa shape index (κ3) is 5.94. The number of rotatable bonds is 2. The lowest BCUT2D eigenvalue weighted by Gasteiger charge is -2.32. The molecule has 1 aromatic carbocycles. The molecule has 1 aliphatic heterocycles. The van der Waals surface area contributed by atoms with E-state index in [0.29, 0.717) is 18.2 Å². The molecule has 0 saturated carbocycles. The van der Waals surface area contributed by atoms with Crippen LogP contribution in [0.2, 0.25) is 0 Å². The molecule has 1 unspecified atom stereocenters. The lowest BCUT2D eigenvalue weighted by atomic mass is 10.1. The summed E-state index contributed by atoms with van der Waals surface area (Å²) in [7, 11) is 0. The maximum atomic E-state index is 12.7. The van der Waals surface area contributed by atoms with Crippen LogP contribution in [0.1, 0.15) is 18.1 Å². The Hall–Kier alpha value is -0.0100. The van der Waals surface area contributed by atoms with Crippen molar-refractivity contribution in [1.29, 1.82) is 0 Å². The molecule has 0 aliphatic carbocycles. The molecule has 0 bridgehead atoms. The fourth-order valence-electron chi connectivity index (χ4n) is 2.27. The molecule has 122 valence electrons. The van der Waals surface area contributed by atoms with Crippen LogP contribution in [-0.4, -0.2) is 30.6 Å². The molecular weight excluding hydrogens is 392 g/mol. The average Bonchev–Trinajstić information content (AvgIpc) is 2.30. The second-order valence-electron chi connectivity index (χ2n) is 4.89. The minimum absolute atomic E-state index is 0. The second-order valence-corrected chi connectivity index (χ2v) is 5.75. The van der Waals surface area contributed by atoms with E-state index in [1.54, 1.807) is 0 Å². The van der Waals surface area contributed by atoms with Gasteiger partial charge in [0.15, 0.2) is 0 Å². The summed E-state index contributed by atoms with van der Waals surface area (Å²) in [6.07, 6.45) is -4.29. The van der Waals surface area contributed by atoms with E-state index in [-0.39, 0.29) is 24.8 Å². The molecule has 0 radical (unpaired) electrons. The third-order valence-corrected chi connectivity index (χ3v) is 3.99. The largest absolute Gasteiger partial charge is 0.416 e. The number of nitrogens with zero attached hydrogens (tertiary/aromatic N) is 1. The normalized spacial score (nSPS) is 19.6. The smallest absolute Gasteiger partial charge is 0.312 e. The van der Waals surface area contributed by atoms with Gasteiger partial charge in [0.1, 0.15) is 0 Å². The maximum Gasteiger partial charge on any atom is 0.416 e. The van der Waals surface area contributed by atoms with Crippen LogP contribution >= 0.6 is 40.7 Å². The van der Waals surface area contributed by atoms with E-state index in [9.17, 15) is 13.2 Å². The fraction of sp³-hybridized carbons (Fsp3) is 0.538. The zero-order chi connectivity index (χ0) is 14.0. The molecule has 2 rings (SSSR count). The Morgan fingerprint density at radius 3 is 2.57 bits per heavy atom. The van der Waals surface area contributed by atoms with Crippen molar-refractivity contribution in [3.05, 3.63) is 33.8 Å². The van der Waals surface area contributed by atoms with Gasteiger partial charge in [0.25, 0.3) is 0 Å². The van der Waals surface area contributed by atoms with Gasteiger partial charge in [-0.15, -0.1) is 24.8 Å². The van der Waals surface area contributed by atoms with Crippen molar-refractivity contribution >= 4 is 40.7 Å². The standard InChI is InChI=1S/C13H16BrF3N2.2ClH/c1-9-7-19(5-4-18-9)8-10-6-11(13(15,16)17)2-3-12(10)14;;/h2-3,6,9,18H,4-5,7-8H2,1H3;2*1H. The van der Waals surface area contributed by atoms with Crippen molar-refractivity contribution in [3.63, 3.8) is 0 Å². The third-order valence-electron chi connectivity index (χ3n) is 3.22. The first-order valence-electron chi connectivity index (χ1n) is 6.17. The lowest BCUT2D eigenvalue weighted by molar-refractivity contribution is -0.137. The zero-order valence-corrected chi connectivity index (χ0v) is 14.6. The highest BCUT2D eigenvalue weighted by atomic mass is 79.9. The number of hydrogen-bond donors (Lipinski definition) is 1. The summed E-state index contributed by atoms with van der Waals surface area (Å²) < 4.78 is 38.8. The van der Waals surface area contributed by atoms with Crippen molar-refractivity contribution in [1.82, 2.24) is 10.2 Å². The van der Waals surface area contributed by atoms with Crippen molar-refractivity contribution < 1.29 is 13.2 Å². The van der Waals surface area contributed by atoms with Gasteiger partial charge < -0.3 is 5.32 Å². The summed E-state index contributed by atoms with van der Waals surface area (Å²) in [6, 6.07) is 4.19. The van der Waals surface area contributed by atoms with Crippen molar-refractivity contribution in [2.45, 2.75) is 25.7 Å². The number of halogens is 6. The number of benzene rings is 1. The molecule has 1 saturated heterocycles. The molecule has 21 heavy (non-hydrogen) atoms. The van der Waals surface area contributed by atoms with Gasteiger partial charge in [-0.1, -0.05) is 15.9 Å². The van der Waals surface area contributed by atoms with Gasteiger partial charge in [0, 0.05) is 36.7 Å². The quantitative estimate of drug-likeness (QED) is 0.790. The summed E-state index contributed by atoms with van der Waals surface area (Å²) in [4.78, 5) is 2.17. The number of piperazine rings is 1. The molecule has 2 nitrogen and oxygen atoms in total. The van der Waals surface area contributed by atoms with Crippen LogP contribution in [0.25, 0.3) is 0 Å². The van der Waals surface area contributed by atoms with Crippen LogP contribution in [-0.2, 0) is 12.7 Å². The first-order chi connectivity index (χ1) is 8.86. The van der Waals surface area contributed by atoms with Crippen molar-refractivity contribution in [2.75, 3.05) is 19.6 Å². The number of nitrogens with one attached hydrogen (secondary N) is 1. The highest BCUT2D eigenvalue weighted by molar-refractivity contribution is 9.10. The lowest BCUT2D eigenvalue weighted by Crippen LogP contribution is -2.48. The van der Waals surface area contributed by atoms with E-state index in [0.717, 1.165) is 30.2 Å². The Kier molecular flexibility index (Phi) is 8.57.